The number of carbonyl (C=O) groups excluding carboxylic acids is 1. The predicted molar refractivity (Wildman–Crippen MR) is 111 cm³/mol. The number of benzene rings is 2. The van der Waals surface area contributed by atoms with Crippen LogP contribution < -0.4 is 0 Å². The van der Waals surface area contributed by atoms with E-state index in [0.717, 1.165) is 30.8 Å². The lowest BCUT2D eigenvalue weighted by molar-refractivity contribution is -0.151. The van der Waals surface area contributed by atoms with Crippen LogP contribution in [0.2, 0.25) is 0 Å². The number of ether oxygens (including phenoxy) is 1. The number of hydrogen-bond donors (Lipinski definition) is 0. The molecule has 0 aliphatic carbocycles. The van der Waals surface area contributed by atoms with Crippen LogP contribution in [0.3, 0.4) is 0 Å². The van der Waals surface area contributed by atoms with Gasteiger partial charge in [-0.1, -0.05) is 74.5 Å². The predicted octanol–water partition coefficient (Wildman–Crippen LogP) is 3.63. The van der Waals surface area contributed by atoms with Gasteiger partial charge >= 0.3 is 5.97 Å². The van der Waals surface area contributed by atoms with Crippen molar-refractivity contribution in [1.29, 1.82) is 0 Å². The molecule has 0 bridgehead atoms. The molecule has 2 aromatic rings. The zero-order valence-corrected chi connectivity index (χ0v) is 17.0. The minimum Gasteiger partial charge on any atom is -0.459 e. The maximum Gasteiger partial charge on any atom is 0.318 e. The molecule has 146 valence electrons. The number of hydrogen-bond acceptors (Lipinski definition) is 4. The molecule has 0 amide bonds. The van der Waals surface area contributed by atoms with E-state index in [9.17, 15) is 4.79 Å². The van der Waals surface area contributed by atoms with E-state index in [4.69, 9.17) is 4.74 Å². The third-order valence-electron chi connectivity index (χ3n) is 4.71. The van der Waals surface area contributed by atoms with Crippen LogP contribution in [0.5, 0.6) is 0 Å². The molecule has 2 aromatic carbocycles. The molecule has 0 saturated heterocycles. The second-order valence-corrected chi connectivity index (χ2v) is 7.06. The Bertz CT molecular complexity index is 630. The molecule has 0 spiro atoms. The van der Waals surface area contributed by atoms with Crippen molar-refractivity contribution < 1.29 is 9.53 Å². The van der Waals surface area contributed by atoms with Crippen LogP contribution in [0.4, 0.5) is 0 Å². The van der Waals surface area contributed by atoms with Gasteiger partial charge in [-0.2, -0.15) is 0 Å². The van der Waals surface area contributed by atoms with Gasteiger partial charge in [0.1, 0.15) is 12.0 Å². The van der Waals surface area contributed by atoms with Gasteiger partial charge in [-0.15, -0.1) is 0 Å². The normalized spacial score (nSPS) is 12.6. The molecule has 0 radical (unpaired) electrons. The molecule has 0 aliphatic heterocycles. The Morgan fingerprint density at radius 3 is 1.74 bits per heavy atom. The highest BCUT2D eigenvalue weighted by molar-refractivity contribution is 5.82. The molecular weight excluding hydrogens is 336 g/mol. The molecule has 4 heteroatoms. The highest BCUT2D eigenvalue weighted by Crippen LogP contribution is 2.26. The summed E-state index contributed by atoms with van der Waals surface area (Å²) in [5.74, 6) is -0.597. The highest BCUT2D eigenvalue weighted by atomic mass is 16.5. The minimum absolute atomic E-state index is 0.165. The van der Waals surface area contributed by atoms with Crippen molar-refractivity contribution >= 4 is 5.97 Å². The first-order valence-corrected chi connectivity index (χ1v) is 9.72. The van der Waals surface area contributed by atoms with E-state index in [-0.39, 0.29) is 12.1 Å². The highest BCUT2D eigenvalue weighted by Gasteiger charge is 2.27. The summed E-state index contributed by atoms with van der Waals surface area (Å²) >= 11 is 0. The van der Waals surface area contributed by atoms with Crippen LogP contribution in [0.15, 0.2) is 60.7 Å². The van der Waals surface area contributed by atoms with E-state index in [2.05, 4.69) is 23.6 Å². The molecule has 0 N–H and O–H groups in total. The molecule has 1 unspecified atom stereocenters. The summed E-state index contributed by atoms with van der Waals surface area (Å²) < 4.78 is 6.04. The molecule has 1 atom stereocenters. The second kappa shape index (κ2) is 10.9. The topological polar surface area (TPSA) is 32.8 Å². The van der Waals surface area contributed by atoms with E-state index in [1.807, 2.05) is 74.8 Å². The maximum atomic E-state index is 13.2. The van der Waals surface area contributed by atoms with Crippen molar-refractivity contribution in [3.8, 4) is 0 Å². The molecule has 0 saturated carbocycles. The Morgan fingerprint density at radius 1 is 0.852 bits per heavy atom. The first-order valence-electron chi connectivity index (χ1n) is 9.72. The van der Waals surface area contributed by atoms with Gasteiger partial charge in [-0.05, 0) is 38.3 Å². The molecule has 2 rings (SSSR count). The van der Waals surface area contributed by atoms with Gasteiger partial charge in [0.2, 0.25) is 0 Å². The van der Waals surface area contributed by atoms with Gasteiger partial charge in [-0.25, -0.2) is 0 Å². The smallest absolute Gasteiger partial charge is 0.318 e. The third-order valence-corrected chi connectivity index (χ3v) is 4.71. The number of carbonyl (C=O) groups is 1. The summed E-state index contributed by atoms with van der Waals surface area (Å²) in [5, 5.41) is 0. The average molecular weight is 369 g/mol. The fourth-order valence-electron chi connectivity index (χ4n) is 3.30. The van der Waals surface area contributed by atoms with Crippen molar-refractivity contribution in [2.45, 2.75) is 25.9 Å². The van der Waals surface area contributed by atoms with E-state index in [1.165, 1.54) is 0 Å². The van der Waals surface area contributed by atoms with Crippen LogP contribution in [0.1, 0.15) is 30.9 Å². The zero-order valence-electron chi connectivity index (χ0n) is 17.0. The van der Waals surface area contributed by atoms with E-state index >= 15 is 0 Å². The van der Waals surface area contributed by atoms with Gasteiger partial charge in [0, 0.05) is 13.1 Å². The Kier molecular flexibility index (Phi) is 8.49. The molecule has 0 fully saturated rings. The lowest BCUT2D eigenvalue weighted by Crippen LogP contribution is -2.41. The van der Waals surface area contributed by atoms with Crippen LogP contribution in [0.25, 0.3) is 0 Å². The fraction of sp³-hybridized carbons (Fsp3) is 0.435. The van der Waals surface area contributed by atoms with Gasteiger partial charge < -0.3 is 14.5 Å². The Morgan fingerprint density at radius 2 is 1.33 bits per heavy atom. The first-order chi connectivity index (χ1) is 13.0. The molecule has 0 aromatic heterocycles. The molecule has 27 heavy (non-hydrogen) atoms. The lowest BCUT2D eigenvalue weighted by atomic mass is 9.91. The van der Waals surface area contributed by atoms with Gasteiger partial charge in [0.05, 0.1) is 0 Å². The third kappa shape index (κ3) is 6.49. The Labute approximate surface area is 163 Å². The lowest BCUT2D eigenvalue weighted by Gasteiger charge is -2.29. The standard InChI is InChI=1S/C23H32N2O2/c1-5-25(6-2)18-21(17-24(3)4)27-23(26)22(19-13-9-7-10-14-19)20-15-11-8-12-16-20/h7-16,21-22H,5-6,17-18H2,1-4H3. The maximum absolute atomic E-state index is 13.2. The van der Waals surface area contributed by atoms with Crippen molar-refractivity contribution in [2.24, 2.45) is 0 Å². The van der Waals surface area contributed by atoms with Gasteiger partial charge in [-0.3, -0.25) is 4.79 Å². The summed E-state index contributed by atoms with van der Waals surface area (Å²) in [6, 6.07) is 19.7. The van der Waals surface area contributed by atoms with Crippen LogP contribution in [-0.4, -0.2) is 62.1 Å². The number of likely N-dealkylation sites (N-methyl/N-ethyl adjacent to an activating group) is 2. The van der Waals surface area contributed by atoms with E-state index in [1.54, 1.807) is 0 Å². The quantitative estimate of drug-likeness (QED) is 0.600. The van der Waals surface area contributed by atoms with Crippen molar-refractivity contribution in [1.82, 2.24) is 9.80 Å². The van der Waals surface area contributed by atoms with Crippen molar-refractivity contribution in [3.05, 3.63) is 71.8 Å². The summed E-state index contributed by atoms with van der Waals surface area (Å²) in [4.78, 5) is 17.6. The van der Waals surface area contributed by atoms with Crippen molar-refractivity contribution in [2.75, 3.05) is 40.3 Å². The second-order valence-electron chi connectivity index (χ2n) is 7.06. The first kappa shape index (κ1) is 21.1. The van der Waals surface area contributed by atoms with Gasteiger partial charge in [0.15, 0.2) is 0 Å². The van der Waals surface area contributed by atoms with Crippen LogP contribution in [-0.2, 0) is 9.53 Å². The number of rotatable bonds is 10. The summed E-state index contributed by atoms with van der Waals surface area (Å²) in [6.45, 7) is 7.60. The minimum atomic E-state index is -0.409. The van der Waals surface area contributed by atoms with Crippen LogP contribution >= 0.6 is 0 Å². The molecule has 4 nitrogen and oxygen atoms in total. The van der Waals surface area contributed by atoms with E-state index in [0.29, 0.717) is 6.54 Å². The number of nitrogens with zero attached hydrogens (tertiary/aromatic N) is 2. The van der Waals surface area contributed by atoms with Gasteiger partial charge in [0.25, 0.3) is 0 Å². The summed E-state index contributed by atoms with van der Waals surface area (Å²) in [5.41, 5.74) is 1.92. The Balaban J connectivity index is 2.24. The Hall–Kier alpha value is -2.17. The molecule has 0 heterocycles. The summed E-state index contributed by atoms with van der Waals surface area (Å²) in [6.07, 6.45) is -0.165. The number of esters is 1. The van der Waals surface area contributed by atoms with Crippen molar-refractivity contribution in [3.63, 3.8) is 0 Å². The SMILES string of the molecule is CCN(CC)CC(CN(C)C)OC(=O)C(c1ccccc1)c1ccccc1. The zero-order chi connectivity index (χ0) is 19.6. The summed E-state index contributed by atoms with van der Waals surface area (Å²) in [7, 11) is 4.02. The molecular formula is C23H32N2O2. The fourth-order valence-corrected chi connectivity index (χ4v) is 3.30. The largest absolute Gasteiger partial charge is 0.459 e. The van der Waals surface area contributed by atoms with Crippen LogP contribution in [0, 0.1) is 0 Å². The average Bonchev–Trinajstić information content (AvgIpc) is 2.67. The molecule has 0 aliphatic rings. The monoisotopic (exact) mass is 368 g/mol. The van der Waals surface area contributed by atoms with E-state index < -0.39 is 5.92 Å².